The molecule has 0 spiro atoms. The van der Waals surface area contributed by atoms with Crippen LogP contribution in [0.2, 0.25) is 0 Å². The second-order valence-corrected chi connectivity index (χ2v) is 5.02. The predicted molar refractivity (Wildman–Crippen MR) is 85.2 cm³/mol. The molecule has 2 rings (SSSR count). The molecule has 0 unspecified atom stereocenters. The Morgan fingerprint density at radius 3 is 2.18 bits per heavy atom. The molecule has 1 aromatic heterocycles. The molecule has 0 saturated carbocycles. The van der Waals surface area contributed by atoms with E-state index in [9.17, 15) is 9.59 Å². The number of benzene rings is 1. The van der Waals surface area contributed by atoms with Crippen LogP contribution in [0, 0.1) is 0 Å². The summed E-state index contributed by atoms with van der Waals surface area (Å²) in [7, 11) is 3.33. The first-order valence-corrected chi connectivity index (χ1v) is 7.04. The van der Waals surface area contributed by atoms with Crippen molar-refractivity contribution in [3.8, 4) is 5.69 Å². The molecule has 0 atom stereocenters. The van der Waals surface area contributed by atoms with E-state index in [0.29, 0.717) is 18.7 Å². The molecule has 0 fully saturated rings. The van der Waals surface area contributed by atoms with Crippen molar-refractivity contribution in [2.75, 3.05) is 27.2 Å². The van der Waals surface area contributed by atoms with Gasteiger partial charge in [0.15, 0.2) is 0 Å². The molecule has 116 valence electrons. The van der Waals surface area contributed by atoms with Crippen LogP contribution in [0.4, 0.5) is 4.79 Å². The van der Waals surface area contributed by atoms with Gasteiger partial charge in [0, 0.05) is 50.8 Å². The minimum atomic E-state index is -0.176. The highest BCUT2D eigenvalue weighted by Crippen LogP contribution is 2.09. The van der Waals surface area contributed by atoms with E-state index in [1.807, 2.05) is 41.2 Å². The Labute approximate surface area is 129 Å². The Morgan fingerprint density at radius 1 is 1.00 bits per heavy atom. The van der Waals surface area contributed by atoms with Crippen LogP contribution in [0.1, 0.15) is 10.4 Å². The molecule has 2 N–H and O–H groups in total. The SMILES string of the molecule is CN(C)C(=O)NCCNC(=O)c1ccc(-n2cccc2)cc1. The highest BCUT2D eigenvalue weighted by atomic mass is 16.2. The summed E-state index contributed by atoms with van der Waals surface area (Å²) in [6.07, 6.45) is 3.89. The lowest BCUT2D eigenvalue weighted by Gasteiger charge is -2.12. The normalized spacial score (nSPS) is 10.1. The van der Waals surface area contributed by atoms with Crippen LogP contribution in [0.15, 0.2) is 48.8 Å². The van der Waals surface area contributed by atoms with Crippen LogP contribution in [0.3, 0.4) is 0 Å². The number of aromatic nitrogens is 1. The van der Waals surface area contributed by atoms with E-state index in [-0.39, 0.29) is 11.9 Å². The van der Waals surface area contributed by atoms with E-state index in [0.717, 1.165) is 5.69 Å². The fourth-order valence-electron chi connectivity index (χ4n) is 1.90. The number of carbonyl (C=O) groups excluding carboxylic acids is 2. The molecule has 0 radical (unpaired) electrons. The van der Waals surface area contributed by atoms with Crippen molar-refractivity contribution in [2.45, 2.75) is 0 Å². The zero-order valence-electron chi connectivity index (χ0n) is 12.7. The Hall–Kier alpha value is -2.76. The van der Waals surface area contributed by atoms with Gasteiger partial charge in [-0.1, -0.05) is 0 Å². The fraction of sp³-hybridized carbons (Fsp3) is 0.250. The summed E-state index contributed by atoms with van der Waals surface area (Å²) < 4.78 is 1.97. The van der Waals surface area contributed by atoms with E-state index >= 15 is 0 Å². The van der Waals surface area contributed by atoms with Gasteiger partial charge in [0.2, 0.25) is 0 Å². The van der Waals surface area contributed by atoms with Crippen molar-refractivity contribution in [3.05, 3.63) is 54.4 Å². The third kappa shape index (κ3) is 4.12. The summed E-state index contributed by atoms with van der Waals surface area (Å²) in [5, 5.41) is 5.45. The standard InChI is InChI=1S/C16H20N4O2/c1-19(2)16(22)18-10-9-17-15(21)13-5-7-14(8-6-13)20-11-3-4-12-20/h3-8,11-12H,9-10H2,1-2H3,(H,17,21)(H,18,22). The highest BCUT2D eigenvalue weighted by Gasteiger charge is 2.06. The molecule has 1 aromatic carbocycles. The van der Waals surface area contributed by atoms with Gasteiger partial charge in [-0.05, 0) is 36.4 Å². The third-order valence-corrected chi connectivity index (χ3v) is 3.13. The first-order chi connectivity index (χ1) is 10.6. The maximum absolute atomic E-state index is 12.0. The molecule has 0 bridgehead atoms. The summed E-state index contributed by atoms with van der Waals surface area (Å²) in [6, 6.07) is 11.1. The maximum atomic E-state index is 12.0. The van der Waals surface area contributed by atoms with Gasteiger partial charge in [-0.3, -0.25) is 4.79 Å². The molecule has 0 aliphatic carbocycles. The van der Waals surface area contributed by atoms with Crippen molar-refractivity contribution in [1.82, 2.24) is 20.1 Å². The van der Waals surface area contributed by atoms with Gasteiger partial charge in [-0.25, -0.2) is 4.79 Å². The van der Waals surface area contributed by atoms with E-state index in [2.05, 4.69) is 10.6 Å². The van der Waals surface area contributed by atoms with Crippen molar-refractivity contribution in [2.24, 2.45) is 0 Å². The summed E-state index contributed by atoms with van der Waals surface area (Å²) in [4.78, 5) is 24.7. The fourth-order valence-corrected chi connectivity index (χ4v) is 1.90. The number of nitrogens with one attached hydrogen (secondary N) is 2. The molecule has 2 aromatic rings. The smallest absolute Gasteiger partial charge is 0.316 e. The summed E-state index contributed by atoms with van der Waals surface area (Å²) in [5.74, 6) is -0.154. The van der Waals surface area contributed by atoms with Gasteiger partial charge >= 0.3 is 6.03 Å². The lowest BCUT2D eigenvalue weighted by molar-refractivity contribution is 0.0953. The van der Waals surface area contributed by atoms with Crippen LogP contribution < -0.4 is 10.6 Å². The van der Waals surface area contributed by atoms with E-state index in [1.54, 1.807) is 26.2 Å². The second kappa shape index (κ2) is 7.31. The summed E-state index contributed by atoms with van der Waals surface area (Å²) >= 11 is 0. The van der Waals surface area contributed by atoms with Crippen molar-refractivity contribution >= 4 is 11.9 Å². The number of rotatable bonds is 5. The lowest BCUT2D eigenvalue weighted by atomic mass is 10.2. The van der Waals surface area contributed by atoms with E-state index in [1.165, 1.54) is 4.90 Å². The van der Waals surface area contributed by atoms with Crippen LogP contribution in [-0.2, 0) is 0 Å². The Bertz CT molecular complexity index is 618. The monoisotopic (exact) mass is 300 g/mol. The molecular formula is C16H20N4O2. The van der Waals surface area contributed by atoms with Crippen molar-refractivity contribution in [3.63, 3.8) is 0 Å². The number of amides is 3. The van der Waals surface area contributed by atoms with E-state index < -0.39 is 0 Å². The van der Waals surface area contributed by atoms with Gasteiger partial charge in [-0.2, -0.15) is 0 Å². The van der Waals surface area contributed by atoms with Crippen LogP contribution >= 0.6 is 0 Å². The van der Waals surface area contributed by atoms with Crippen molar-refractivity contribution in [1.29, 1.82) is 0 Å². The average molecular weight is 300 g/mol. The first kappa shape index (κ1) is 15.6. The molecule has 3 amide bonds. The van der Waals surface area contributed by atoms with Gasteiger partial charge in [0.05, 0.1) is 0 Å². The maximum Gasteiger partial charge on any atom is 0.316 e. The second-order valence-electron chi connectivity index (χ2n) is 5.02. The first-order valence-electron chi connectivity index (χ1n) is 7.04. The zero-order chi connectivity index (χ0) is 15.9. The third-order valence-electron chi connectivity index (χ3n) is 3.13. The van der Waals surface area contributed by atoms with Gasteiger partial charge in [0.1, 0.15) is 0 Å². The largest absolute Gasteiger partial charge is 0.350 e. The minimum absolute atomic E-state index is 0.154. The average Bonchev–Trinajstić information content (AvgIpc) is 3.05. The molecule has 0 aliphatic heterocycles. The van der Waals surface area contributed by atoms with Gasteiger partial charge < -0.3 is 20.1 Å². The molecule has 6 heteroatoms. The van der Waals surface area contributed by atoms with Gasteiger partial charge in [0.25, 0.3) is 5.91 Å². The topological polar surface area (TPSA) is 66.4 Å². The quantitative estimate of drug-likeness (QED) is 0.821. The Morgan fingerprint density at radius 2 is 1.59 bits per heavy atom. The predicted octanol–water partition coefficient (Wildman–Crippen LogP) is 1.48. The lowest BCUT2D eigenvalue weighted by Crippen LogP contribution is -2.39. The van der Waals surface area contributed by atoms with E-state index in [4.69, 9.17) is 0 Å². The number of hydrogen-bond donors (Lipinski definition) is 2. The molecule has 0 aliphatic rings. The van der Waals surface area contributed by atoms with Crippen LogP contribution in [0.5, 0.6) is 0 Å². The zero-order valence-corrected chi connectivity index (χ0v) is 12.7. The Balaban J connectivity index is 1.82. The Kier molecular flexibility index (Phi) is 5.19. The van der Waals surface area contributed by atoms with Gasteiger partial charge in [-0.15, -0.1) is 0 Å². The van der Waals surface area contributed by atoms with Crippen LogP contribution in [0.25, 0.3) is 5.69 Å². The number of nitrogens with zero attached hydrogens (tertiary/aromatic N) is 2. The molecule has 0 saturated heterocycles. The molecular weight excluding hydrogens is 280 g/mol. The number of urea groups is 1. The molecule has 6 nitrogen and oxygen atoms in total. The molecule has 22 heavy (non-hydrogen) atoms. The van der Waals surface area contributed by atoms with Crippen molar-refractivity contribution < 1.29 is 9.59 Å². The number of hydrogen-bond acceptors (Lipinski definition) is 2. The minimum Gasteiger partial charge on any atom is -0.350 e. The highest BCUT2D eigenvalue weighted by molar-refractivity contribution is 5.94. The number of carbonyl (C=O) groups is 2. The summed E-state index contributed by atoms with van der Waals surface area (Å²) in [5.41, 5.74) is 1.59. The van der Waals surface area contributed by atoms with Crippen LogP contribution in [-0.4, -0.2) is 48.6 Å². The molecule has 1 heterocycles. The summed E-state index contributed by atoms with van der Waals surface area (Å²) in [6.45, 7) is 0.780.